The van der Waals surface area contributed by atoms with Crippen molar-refractivity contribution in [3.05, 3.63) is 60.4 Å². The highest BCUT2D eigenvalue weighted by molar-refractivity contribution is 5.62. The van der Waals surface area contributed by atoms with Crippen LogP contribution in [0, 0.1) is 6.92 Å². The van der Waals surface area contributed by atoms with Crippen molar-refractivity contribution in [1.29, 1.82) is 0 Å². The summed E-state index contributed by atoms with van der Waals surface area (Å²) in [6, 6.07) is 12.4. The molecule has 0 saturated heterocycles. The van der Waals surface area contributed by atoms with Crippen LogP contribution in [0.5, 0.6) is 0 Å². The Balaban J connectivity index is 1.72. The molecule has 102 valence electrons. The monoisotopic (exact) mass is 267 g/mol. The lowest BCUT2D eigenvalue weighted by Crippen LogP contribution is -2.05. The molecule has 3 rings (SSSR count). The lowest BCUT2D eigenvalue weighted by atomic mass is 10.1. The van der Waals surface area contributed by atoms with Crippen molar-refractivity contribution in [3.8, 4) is 11.3 Å². The SMILES string of the molecule is Cc1ccc(C(C)Nc2ccc(-c3cnc[nH]3)cc2)o1. The van der Waals surface area contributed by atoms with Crippen molar-refractivity contribution >= 4 is 5.69 Å². The van der Waals surface area contributed by atoms with Crippen LogP contribution in [-0.4, -0.2) is 9.97 Å². The number of anilines is 1. The Hall–Kier alpha value is -2.49. The molecule has 1 unspecified atom stereocenters. The first-order chi connectivity index (χ1) is 9.72. The summed E-state index contributed by atoms with van der Waals surface area (Å²) in [6.45, 7) is 4.04. The maximum atomic E-state index is 5.62. The zero-order valence-electron chi connectivity index (χ0n) is 11.6. The van der Waals surface area contributed by atoms with Gasteiger partial charge in [0, 0.05) is 5.69 Å². The Morgan fingerprint density at radius 3 is 2.55 bits per heavy atom. The first-order valence-corrected chi connectivity index (χ1v) is 6.64. The summed E-state index contributed by atoms with van der Waals surface area (Å²) in [4.78, 5) is 7.12. The number of rotatable bonds is 4. The van der Waals surface area contributed by atoms with Crippen LogP contribution in [0.4, 0.5) is 5.69 Å². The second kappa shape index (κ2) is 5.25. The van der Waals surface area contributed by atoms with E-state index in [1.165, 1.54) is 0 Å². The first-order valence-electron chi connectivity index (χ1n) is 6.64. The summed E-state index contributed by atoms with van der Waals surface area (Å²) in [5, 5.41) is 3.42. The van der Waals surface area contributed by atoms with Crippen molar-refractivity contribution in [2.24, 2.45) is 0 Å². The Morgan fingerprint density at radius 1 is 1.15 bits per heavy atom. The van der Waals surface area contributed by atoms with Gasteiger partial charge >= 0.3 is 0 Å². The fraction of sp³-hybridized carbons (Fsp3) is 0.188. The average molecular weight is 267 g/mol. The van der Waals surface area contributed by atoms with E-state index in [0.29, 0.717) is 0 Å². The standard InChI is InChI=1S/C16H17N3O/c1-11-3-8-16(20-11)12(2)19-14-6-4-13(5-7-14)15-9-17-10-18-15/h3-10,12,19H,1-2H3,(H,17,18). The first kappa shape index (κ1) is 12.5. The van der Waals surface area contributed by atoms with Gasteiger partial charge in [0.2, 0.25) is 0 Å². The number of aromatic amines is 1. The number of hydrogen-bond donors (Lipinski definition) is 2. The molecule has 0 saturated carbocycles. The Kier molecular flexibility index (Phi) is 3.29. The van der Waals surface area contributed by atoms with Crippen LogP contribution < -0.4 is 5.32 Å². The van der Waals surface area contributed by atoms with Crippen LogP contribution in [0.2, 0.25) is 0 Å². The fourth-order valence-corrected chi connectivity index (χ4v) is 2.17. The maximum Gasteiger partial charge on any atom is 0.126 e. The van der Waals surface area contributed by atoms with E-state index in [1.807, 2.05) is 25.3 Å². The third kappa shape index (κ3) is 2.59. The van der Waals surface area contributed by atoms with Gasteiger partial charge in [-0.1, -0.05) is 12.1 Å². The molecule has 0 fully saturated rings. The van der Waals surface area contributed by atoms with E-state index < -0.39 is 0 Å². The summed E-state index contributed by atoms with van der Waals surface area (Å²) in [5.41, 5.74) is 3.20. The highest BCUT2D eigenvalue weighted by Gasteiger charge is 2.09. The third-order valence-corrected chi connectivity index (χ3v) is 3.27. The van der Waals surface area contributed by atoms with Gasteiger partial charge in [0.05, 0.1) is 24.3 Å². The smallest absolute Gasteiger partial charge is 0.126 e. The molecule has 1 aromatic carbocycles. The van der Waals surface area contributed by atoms with Gasteiger partial charge in [-0.2, -0.15) is 0 Å². The number of nitrogens with zero attached hydrogens (tertiary/aromatic N) is 1. The summed E-state index contributed by atoms with van der Waals surface area (Å²) in [6.07, 6.45) is 3.50. The van der Waals surface area contributed by atoms with Gasteiger partial charge in [-0.25, -0.2) is 4.98 Å². The number of benzene rings is 1. The molecule has 0 aliphatic carbocycles. The molecule has 4 heteroatoms. The summed E-state index contributed by atoms with van der Waals surface area (Å²) in [5.74, 6) is 1.88. The number of imidazole rings is 1. The fourth-order valence-electron chi connectivity index (χ4n) is 2.17. The topological polar surface area (TPSA) is 53.9 Å². The van der Waals surface area contributed by atoms with Gasteiger partial charge in [0.1, 0.15) is 11.5 Å². The molecule has 0 radical (unpaired) electrons. The molecule has 4 nitrogen and oxygen atoms in total. The molecule has 3 aromatic rings. The molecule has 2 aromatic heterocycles. The number of hydrogen-bond acceptors (Lipinski definition) is 3. The second-order valence-corrected chi connectivity index (χ2v) is 4.86. The van der Waals surface area contributed by atoms with Crippen LogP contribution in [-0.2, 0) is 0 Å². The maximum absolute atomic E-state index is 5.62. The molecule has 0 aliphatic heterocycles. The number of furan rings is 1. The van der Waals surface area contributed by atoms with Crippen molar-refractivity contribution in [3.63, 3.8) is 0 Å². The molecule has 0 aliphatic rings. The van der Waals surface area contributed by atoms with Crippen LogP contribution in [0.1, 0.15) is 24.5 Å². The Bertz CT molecular complexity index is 668. The normalized spacial score (nSPS) is 12.3. The number of nitrogens with one attached hydrogen (secondary N) is 2. The molecular weight excluding hydrogens is 250 g/mol. The van der Waals surface area contributed by atoms with Gasteiger partial charge in [-0.15, -0.1) is 0 Å². The summed E-state index contributed by atoms with van der Waals surface area (Å²) in [7, 11) is 0. The van der Waals surface area contributed by atoms with Crippen molar-refractivity contribution in [2.75, 3.05) is 5.32 Å². The largest absolute Gasteiger partial charge is 0.464 e. The van der Waals surface area contributed by atoms with E-state index in [9.17, 15) is 0 Å². The number of aromatic nitrogens is 2. The van der Waals surface area contributed by atoms with Gasteiger partial charge in [-0.05, 0) is 43.7 Å². The van der Waals surface area contributed by atoms with Crippen LogP contribution in [0.3, 0.4) is 0 Å². The molecule has 2 heterocycles. The van der Waals surface area contributed by atoms with Crippen LogP contribution in [0.25, 0.3) is 11.3 Å². The van der Waals surface area contributed by atoms with Crippen LogP contribution in [0.15, 0.2) is 53.3 Å². The molecule has 20 heavy (non-hydrogen) atoms. The zero-order valence-corrected chi connectivity index (χ0v) is 11.6. The molecule has 0 spiro atoms. The molecular formula is C16H17N3O. The second-order valence-electron chi connectivity index (χ2n) is 4.86. The number of aryl methyl sites for hydroxylation is 1. The zero-order chi connectivity index (χ0) is 13.9. The van der Waals surface area contributed by atoms with Gasteiger partial charge < -0.3 is 14.7 Å². The van der Waals surface area contributed by atoms with E-state index in [1.54, 1.807) is 6.33 Å². The lowest BCUT2D eigenvalue weighted by molar-refractivity contribution is 0.467. The Labute approximate surface area is 117 Å². The van der Waals surface area contributed by atoms with E-state index in [0.717, 1.165) is 28.5 Å². The van der Waals surface area contributed by atoms with E-state index in [-0.39, 0.29) is 6.04 Å². The average Bonchev–Trinajstić information content (AvgIpc) is 3.10. The molecule has 0 amide bonds. The highest BCUT2D eigenvalue weighted by atomic mass is 16.3. The van der Waals surface area contributed by atoms with Crippen molar-refractivity contribution in [1.82, 2.24) is 9.97 Å². The summed E-state index contributed by atoms with van der Waals surface area (Å²) >= 11 is 0. The predicted octanol–water partition coefficient (Wildman–Crippen LogP) is 4.15. The molecule has 2 N–H and O–H groups in total. The third-order valence-electron chi connectivity index (χ3n) is 3.27. The van der Waals surface area contributed by atoms with Crippen molar-refractivity contribution < 1.29 is 4.42 Å². The van der Waals surface area contributed by atoms with E-state index in [4.69, 9.17) is 4.42 Å². The van der Waals surface area contributed by atoms with Gasteiger partial charge in [-0.3, -0.25) is 0 Å². The minimum Gasteiger partial charge on any atom is -0.464 e. The quantitative estimate of drug-likeness (QED) is 0.746. The van der Waals surface area contributed by atoms with E-state index >= 15 is 0 Å². The summed E-state index contributed by atoms with van der Waals surface area (Å²) < 4.78 is 5.62. The Morgan fingerprint density at radius 2 is 1.95 bits per heavy atom. The predicted molar refractivity (Wildman–Crippen MR) is 79.5 cm³/mol. The minimum absolute atomic E-state index is 0.140. The van der Waals surface area contributed by atoms with Crippen LogP contribution >= 0.6 is 0 Å². The number of H-pyrrole nitrogens is 1. The molecule has 0 bridgehead atoms. The molecule has 1 atom stereocenters. The highest BCUT2D eigenvalue weighted by Crippen LogP contribution is 2.23. The van der Waals surface area contributed by atoms with Gasteiger partial charge in [0.25, 0.3) is 0 Å². The minimum atomic E-state index is 0.140. The van der Waals surface area contributed by atoms with Crippen molar-refractivity contribution in [2.45, 2.75) is 19.9 Å². The van der Waals surface area contributed by atoms with Gasteiger partial charge in [0.15, 0.2) is 0 Å². The lowest BCUT2D eigenvalue weighted by Gasteiger charge is -2.13. The van der Waals surface area contributed by atoms with E-state index in [2.05, 4.69) is 46.5 Å².